The predicted molar refractivity (Wildman–Crippen MR) is 114 cm³/mol. The molecule has 1 unspecified atom stereocenters. The Hall–Kier alpha value is -3.30. The minimum Gasteiger partial charge on any atom is -0.485 e. The van der Waals surface area contributed by atoms with Gasteiger partial charge in [-0.15, -0.1) is 0 Å². The van der Waals surface area contributed by atoms with E-state index in [1.54, 1.807) is 6.20 Å². The number of nitrogens with one attached hydrogen (secondary N) is 1. The lowest BCUT2D eigenvalue weighted by Gasteiger charge is -2.31. The molecule has 8 nitrogen and oxygen atoms in total. The summed E-state index contributed by atoms with van der Waals surface area (Å²) in [4.78, 5) is 21.6. The second-order valence-electron chi connectivity index (χ2n) is 7.80. The zero-order chi connectivity index (χ0) is 22.5. The van der Waals surface area contributed by atoms with E-state index >= 15 is 0 Å². The van der Waals surface area contributed by atoms with Crippen molar-refractivity contribution in [2.75, 3.05) is 19.6 Å². The summed E-state index contributed by atoms with van der Waals surface area (Å²) >= 11 is 0. The lowest BCUT2D eigenvalue weighted by molar-refractivity contribution is 0.0841. The number of fused-ring (bicyclic) bond motifs is 1. The number of carbonyl (C=O) groups is 1. The summed E-state index contributed by atoms with van der Waals surface area (Å²) < 4.78 is 24.2. The summed E-state index contributed by atoms with van der Waals surface area (Å²) in [6.07, 6.45) is 4.35. The minimum atomic E-state index is -0.738. The number of hydrogen-bond donors (Lipinski definition) is 2. The van der Waals surface area contributed by atoms with E-state index in [0.29, 0.717) is 25.5 Å². The van der Waals surface area contributed by atoms with Crippen molar-refractivity contribution in [2.45, 2.75) is 32.6 Å². The van der Waals surface area contributed by atoms with Crippen molar-refractivity contribution in [3.8, 4) is 5.75 Å². The molecular formula is C23H25FN4O4. The van der Waals surface area contributed by atoms with E-state index in [9.17, 15) is 14.3 Å². The van der Waals surface area contributed by atoms with Crippen LogP contribution in [0, 0.1) is 12.9 Å². The van der Waals surface area contributed by atoms with Crippen LogP contribution in [0.15, 0.2) is 47.5 Å². The molecule has 1 amide bonds. The lowest BCUT2D eigenvalue weighted by Crippen LogP contribution is -2.42. The Bertz CT molecular complexity index is 1070. The van der Waals surface area contributed by atoms with Gasteiger partial charge in [-0.05, 0) is 42.2 Å². The van der Waals surface area contributed by atoms with Crippen LogP contribution in [0.4, 0.5) is 4.39 Å². The van der Waals surface area contributed by atoms with Gasteiger partial charge in [-0.25, -0.2) is 9.97 Å². The number of rotatable bonds is 8. The number of amides is 1. The van der Waals surface area contributed by atoms with Gasteiger partial charge in [-0.2, -0.15) is 4.39 Å². The molecule has 0 aliphatic carbocycles. The van der Waals surface area contributed by atoms with E-state index in [1.165, 1.54) is 29.8 Å². The van der Waals surface area contributed by atoms with Crippen molar-refractivity contribution in [1.29, 1.82) is 0 Å². The first kappa shape index (κ1) is 21.9. The van der Waals surface area contributed by atoms with Crippen molar-refractivity contribution in [3.63, 3.8) is 0 Å². The number of aliphatic hydroxyl groups is 1. The SMILES string of the molecule is Cc1c(OCc2cnco2)ccc2c1CCN(CC(O)CNC(=O)c1ccnc(F)c1)C2. The predicted octanol–water partition coefficient (Wildman–Crippen LogP) is 2.25. The number of benzene rings is 1. The summed E-state index contributed by atoms with van der Waals surface area (Å²) in [6.45, 7) is 4.39. The average Bonchev–Trinajstić information content (AvgIpc) is 3.31. The molecule has 1 aliphatic rings. The van der Waals surface area contributed by atoms with Gasteiger partial charge in [0.1, 0.15) is 12.4 Å². The quantitative estimate of drug-likeness (QED) is 0.518. The number of halogens is 1. The molecule has 3 aromatic rings. The Kier molecular flexibility index (Phi) is 6.77. The molecule has 0 saturated carbocycles. The van der Waals surface area contributed by atoms with Gasteiger partial charge in [0, 0.05) is 44.0 Å². The molecule has 0 radical (unpaired) electrons. The second-order valence-corrected chi connectivity index (χ2v) is 7.80. The number of aliphatic hydroxyl groups excluding tert-OH is 1. The first-order valence-electron chi connectivity index (χ1n) is 10.4. The molecule has 1 aliphatic heterocycles. The standard InChI is InChI=1S/C23H25FN4O4/c1-15-20-5-7-28(11-17(20)2-3-21(15)31-13-19-10-25-14-32-19)12-18(29)9-27-23(30)16-4-6-26-22(24)8-16/h2-4,6,8,10,14,18,29H,5,7,9,11-13H2,1H3,(H,27,30). The fourth-order valence-corrected chi connectivity index (χ4v) is 3.87. The third kappa shape index (κ3) is 5.30. The Balaban J connectivity index is 1.29. The van der Waals surface area contributed by atoms with Crippen molar-refractivity contribution in [3.05, 3.63) is 77.0 Å². The molecule has 4 rings (SSSR count). The van der Waals surface area contributed by atoms with Crippen LogP contribution in [0.2, 0.25) is 0 Å². The summed E-state index contributed by atoms with van der Waals surface area (Å²) in [6, 6.07) is 6.50. The van der Waals surface area contributed by atoms with Crippen LogP contribution in [0.1, 0.15) is 32.8 Å². The molecule has 0 bridgehead atoms. The molecule has 0 fully saturated rings. The van der Waals surface area contributed by atoms with Gasteiger partial charge in [0.15, 0.2) is 12.2 Å². The van der Waals surface area contributed by atoms with E-state index in [4.69, 9.17) is 9.15 Å². The summed E-state index contributed by atoms with van der Waals surface area (Å²) in [5.74, 6) is 0.335. The minimum absolute atomic E-state index is 0.0829. The molecule has 32 heavy (non-hydrogen) atoms. The molecule has 0 saturated heterocycles. The average molecular weight is 440 g/mol. The molecule has 1 aromatic carbocycles. The van der Waals surface area contributed by atoms with Gasteiger partial charge < -0.3 is 19.6 Å². The highest BCUT2D eigenvalue weighted by atomic mass is 19.1. The smallest absolute Gasteiger partial charge is 0.251 e. The van der Waals surface area contributed by atoms with Crippen LogP contribution in [0.5, 0.6) is 5.75 Å². The maximum atomic E-state index is 13.2. The molecule has 2 aromatic heterocycles. The highest BCUT2D eigenvalue weighted by molar-refractivity contribution is 5.94. The second kappa shape index (κ2) is 9.88. The van der Waals surface area contributed by atoms with Crippen LogP contribution < -0.4 is 10.1 Å². The third-order valence-electron chi connectivity index (χ3n) is 5.53. The summed E-state index contributed by atoms with van der Waals surface area (Å²) in [5, 5.41) is 13.0. The number of oxazole rings is 1. The number of hydrogen-bond acceptors (Lipinski definition) is 7. The first-order chi connectivity index (χ1) is 15.5. The Morgan fingerprint density at radius 2 is 2.28 bits per heavy atom. The van der Waals surface area contributed by atoms with Crippen LogP contribution in [0.3, 0.4) is 0 Å². The van der Waals surface area contributed by atoms with Crippen LogP contribution in [-0.2, 0) is 19.6 Å². The van der Waals surface area contributed by atoms with Crippen molar-refractivity contribution < 1.29 is 23.4 Å². The van der Waals surface area contributed by atoms with E-state index < -0.39 is 18.0 Å². The third-order valence-corrected chi connectivity index (χ3v) is 5.53. The highest BCUT2D eigenvalue weighted by Gasteiger charge is 2.22. The van der Waals surface area contributed by atoms with Crippen molar-refractivity contribution in [1.82, 2.24) is 20.2 Å². The maximum absolute atomic E-state index is 13.2. The first-order valence-corrected chi connectivity index (χ1v) is 10.4. The zero-order valence-corrected chi connectivity index (χ0v) is 17.8. The number of aromatic nitrogens is 2. The van der Waals surface area contributed by atoms with Crippen LogP contribution in [-0.4, -0.2) is 51.6 Å². The Labute approximate surface area is 185 Å². The van der Waals surface area contributed by atoms with Gasteiger partial charge in [0.25, 0.3) is 5.91 Å². The fourth-order valence-electron chi connectivity index (χ4n) is 3.87. The lowest BCUT2D eigenvalue weighted by atomic mass is 9.94. The van der Waals surface area contributed by atoms with Gasteiger partial charge in [0.05, 0.1) is 12.3 Å². The zero-order valence-electron chi connectivity index (χ0n) is 17.8. The highest BCUT2D eigenvalue weighted by Crippen LogP contribution is 2.29. The number of pyridine rings is 1. The van der Waals surface area contributed by atoms with Gasteiger partial charge in [0.2, 0.25) is 5.95 Å². The van der Waals surface area contributed by atoms with Crippen LogP contribution >= 0.6 is 0 Å². The maximum Gasteiger partial charge on any atom is 0.251 e. The molecule has 9 heteroatoms. The Morgan fingerprint density at radius 3 is 3.06 bits per heavy atom. The summed E-state index contributed by atoms with van der Waals surface area (Å²) in [5.41, 5.74) is 3.75. The van der Waals surface area contributed by atoms with E-state index in [1.807, 2.05) is 6.07 Å². The van der Waals surface area contributed by atoms with E-state index in [2.05, 4.69) is 33.2 Å². The molecule has 0 spiro atoms. The normalized spacial score (nSPS) is 14.6. The molecule has 2 N–H and O–H groups in total. The molecule has 3 heterocycles. The Morgan fingerprint density at radius 1 is 1.41 bits per heavy atom. The molecule has 168 valence electrons. The topological polar surface area (TPSA) is 101 Å². The van der Waals surface area contributed by atoms with E-state index in [0.717, 1.165) is 30.3 Å². The summed E-state index contributed by atoms with van der Waals surface area (Å²) in [7, 11) is 0. The molecule has 1 atom stereocenters. The molecular weight excluding hydrogens is 415 g/mol. The number of β-amino-alcohol motifs (C(OH)–C–C–N with tert-alkyl or cyclic N) is 1. The largest absolute Gasteiger partial charge is 0.485 e. The van der Waals surface area contributed by atoms with Gasteiger partial charge >= 0.3 is 0 Å². The number of carbonyl (C=O) groups excluding carboxylic acids is 1. The van der Waals surface area contributed by atoms with Crippen molar-refractivity contribution in [2.24, 2.45) is 0 Å². The number of nitrogens with zero attached hydrogens (tertiary/aromatic N) is 3. The van der Waals surface area contributed by atoms with Gasteiger partial charge in [-0.1, -0.05) is 6.07 Å². The van der Waals surface area contributed by atoms with Crippen LogP contribution in [0.25, 0.3) is 0 Å². The van der Waals surface area contributed by atoms with Gasteiger partial charge in [-0.3, -0.25) is 9.69 Å². The fraction of sp³-hybridized carbons (Fsp3) is 0.348. The number of ether oxygens (including phenoxy) is 1. The monoisotopic (exact) mass is 440 g/mol. The van der Waals surface area contributed by atoms with Crippen molar-refractivity contribution >= 4 is 5.91 Å². The van der Waals surface area contributed by atoms with E-state index in [-0.39, 0.29) is 12.1 Å².